The number of carbonyl (C=O) groups is 2. The molecule has 5 nitrogen and oxygen atoms in total. The third kappa shape index (κ3) is 50.0. The normalized spacial score (nSPS) is 12.8. The predicted octanol–water partition coefficient (Wildman–Crippen LogP) is 17.9. The lowest BCUT2D eigenvalue weighted by molar-refractivity contribution is -0.163. The van der Waals surface area contributed by atoms with Gasteiger partial charge in [-0.05, 0) is 83.5 Å². The van der Waals surface area contributed by atoms with Crippen LogP contribution in [0.4, 0.5) is 0 Å². The molecule has 0 aliphatic rings. The molecule has 0 rings (SSSR count). The highest BCUT2D eigenvalue weighted by Gasteiger charge is 2.17. The molecule has 0 amide bonds. The second-order valence-corrected chi connectivity index (χ2v) is 17.4. The molecule has 0 aromatic carbocycles. The first-order valence-electron chi connectivity index (χ1n) is 26.5. The van der Waals surface area contributed by atoms with Crippen molar-refractivity contribution in [3.8, 4) is 0 Å². The molecule has 0 fully saturated rings. The standard InChI is InChI=1S/C57H100O5/c1-4-7-10-13-16-19-22-24-26-28-29-30-31-33-36-38-41-44-47-50-56(58)61-54-55(62-57(59)51-48-45-42-39-35-21-18-15-12-9-6-3)53-60-52-49-46-43-40-37-34-32-27-25-23-20-17-14-11-8-5-2/h7,10,15-16,18-19,24,26,29-30,33,36,55H,4-6,8-9,11-14,17,20-23,25,27-28,31-32,34-35,37-54H2,1-3H3/b10-7-,18-15-,19-16-,26-24-,30-29-,36-33-/t55-/m1/s1. The van der Waals surface area contributed by atoms with Gasteiger partial charge in [0.15, 0.2) is 6.10 Å². The summed E-state index contributed by atoms with van der Waals surface area (Å²) in [5, 5.41) is 0. The fourth-order valence-corrected chi connectivity index (χ4v) is 7.28. The van der Waals surface area contributed by atoms with Crippen LogP contribution in [0, 0.1) is 0 Å². The van der Waals surface area contributed by atoms with Crippen LogP contribution in [0.1, 0.15) is 252 Å². The zero-order valence-corrected chi connectivity index (χ0v) is 41.1. The van der Waals surface area contributed by atoms with E-state index in [4.69, 9.17) is 14.2 Å². The SMILES string of the molecule is CC/C=C\C/C=C\C/C=C\C/C=C\C/C=C\CCCCCC(=O)OC[C@@H](COCCCCCCCCCCCCCCCCCC)OC(=O)CCCCCCC/C=C\CCCC. The molecule has 5 heteroatoms. The van der Waals surface area contributed by atoms with Crippen molar-refractivity contribution >= 4 is 11.9 Å². The van der Waals surface area contributed by atoms with Crippen LogP contribution in [0.2, 0.25) is 0 Å². The summed E-state index contributed by atoms with van der Waals surface area (Å²) in [6.07, 6.45) is 67.7. The quantitative estimate of drug-likeness (QED) is 0.0346. The van der Waals surface area contributed by atoms with Gasteiger partial charge in [0.2, 0.25) is 0 Å². The van der Waals surface area contributed by atoms with E-state index in [-0.39, 0.29) is 25.2 Å². The second kappa shape index (κ2) is 52.7. The number of allylic oxidation sites excluding steroid dienone is 12. The van der Waals surface area contributed by atoms with Crippen LogP contribution in [0.3, 0.4) is 0 Å². The van der Waals surface area contributed by atoms with Gasteiger partial charge in [0.25, 0.3) is 0 Å². The molecule has 0 spiro atoms. The number of hydrogen-bond acceptors (Lipinski definition) is 5. The van der Waals surface area contributed by atoms with E-state index >= 15 is 0 Å². The molecule has 0 aromatic heterocycles. The Hall–Kier alpha value is -2.66. The zero-order chi connectivity index (χ0) is 44.9. The molecule has 358 valence electrons. The number of rotatable bonds is 48. The van der Waals surface area contributed by atoms with Crippen molar-refractivity contribution in [2.24, 2.45) is 0 Å². The van der Waals surface area contributed by atoms with Gasteiger partial charge in [0.1, 0.15) is 6.61 Å². The van der Waals surface area contributed by atoms with Gasteiger partial charge in [-0.25, -0.2) is 0 Å². The first kappa shape index (κ1) is 59.3. The minimum Gasteiger partial charge on any atom is -0.462 e. The molecule has 0 aromatic rings. The van der Waals surface area contributed by atoms with Crippen LogP contribution >= 0.6 is 0 Å². The minimum absolute atomic E-state index is 0.0648. The van der Waals surface area contributed by atoms with Gasteiger partial charge in [-0.2, -0.15) is 0 Å². The van der Waals surface area contributed by atoms with E-state index in [9.17, 15) is 9.59 Å². The first-order chi connectivity index (χ1) is 30.6. The molecule has 0 saturated heterocycles. The van der Waals surface area contributed by atoms with Crippen LogP contribution < -0.4 is 0 Å². The Bertz CT molecular complexity index is 1110. The molecule has 0 saturated carbocycles. The van der Waals surface area contributed by atoms with E-state index in [0.717, 1.165) is 96.3 Å². The van der Waals surface area contributed by atoms with Gasteiger partial charge in [-0.3, -0.25) is 9.59 Å². The topological polar surface area (TPSA) is 61.8 Å². The van der Waals surface area contributed by atoms with Gasteiger partial charge in [0.05, 0.1) is 6.61 Å². The maximum Gasteiger partial charge on any atom is 0.306 e. The molecule has 0 aliphatic heterocycles. The average molecular weight is 865 g/mol. The zero-order valence-electron chi connectivity index (χ0n) is 41.1. The van der Waals surface area contributed by atoms with Gasteiger partial charge >= 0.3 is 11.9 Å². The van der Waals surface area contributed by atoms with E-state index in [1.807, 2.05) is 0 Å². The van der Waals surface area contributed by atoms with E-state index in [1.165, 1.54) is 122 Å². The predicted molar refractivity (Wildman–Crippen MR) is 270 cm³/mol. The molecule has 62 heavy (non-hydrogen) atoms. The Labute approximate surface area is 385 Å². The number of hydrogen-bond donors (Lipinski definition) is 0. The molecule has 0 heterocycles. The van der Waals surface area contributed by atoms with E-state index in [0.29, 0.717) is 19.4 Å². The molecule has 0 aliphatic carbocycles. The Kier molecular flexibility index (Phi) is 50.4. The number of esters is 2. The molecule has 0 bridgehead atoms. The van der Waals surface area contributed by atoms with Crippen molar-refractivity contribution in [2.75, 3.05) is 19.8 Å². The highest BCUT2D eigenvalue weighted by molar-refractivity contribution is 5.70. The van der Waals surface area contributed by atoms with Crippen molar-refractivity contribution in [1.82, 2.24) is 0 Å². The number of unbranched alkanes of at least 4 members (excludes halogenated alkanes) is 25. The third-order valence-corrected chi connectivity index (χ3v) is 11.2. The van der Waals surface area contributed by atoms with Crippen LogP contribution in [0.5, 0.6) is 0 Å². The summed E-state index contributed by atoms with van der Waals surface area (Å²) in [5.74, 6) is -0.440. The Morgan fingerprint density at radius 2 is 0.742 bits per heavy atom. The second-order valence-electron chi connectivity index (χ2n) is 17.4. The summed E-state index contributed by atoms with van der Waals surface area (Å²) >= 11 is 0. The van der Waals surface area contributed by atoms with Crippen molar-refractivity contribution in [2.45, 2.75) is 258 Å². The van der Waals surface area contributed by atoms with E-state index < -0.39 is 6.10 Å². The molecular formula is C57H100O5. The summed E-state index contributed by atoms with van der Waals surface area (Å²) in [4.78, 5) is 25.4. The Balaban J connectivity index is 4.28. The van der Waals surface area contributed by atoms with Crippen molar-refractivity contribution in [3.63, 3.8) is 0 Å². The fraction of sp³-hybridized carbons (Fsp3) is 0.754. The molecular weight excluding hydrogens is 765 g/mol. The molecule has 0 N–H and O–H groups in total. The monoisotopic (exact) mass is 865 g/mol. The van der Waals surface area contributed by atoms with Crippen LogP contribution in [0.15, 0.2) is 72.9 Å². The van der Waals surface area contributed by atoms with Crippen molar-refractivity contribution in [1.29, 1.82) is 0 Å². The summed E-state index contributed by atoms with van der Waals surface area (Å²) in [6.45, 7) is 7.66. The Morgan fingerprint density at radius 3 is 1.24 bits per heavy atom. The van der Waals surface area contributed by atoms with Crippen LogP contribution in [-0.2, 0) is 23.8 Å². The van der Waals surface area contributed by atoms with Gasteiger partial charge in [-0.1, -0.05) is 229 Å². The number of ether oxygens (including phenoxy) is 3. The Morgan fingerprint density at radius 1 is 0.371 bits per heavy atom. The maximum absolute atomic E-state index is 12.8. The highest BCUT2D eigenvalue weighted by atomic mass is 16.6. The summed E-state index contributed by atoms with van der Waals surface area (Å²) < 4.78 is 17.4. The summed E-state index contributed by atoms with van der Waals surface area (Å²) in [5.41, 5.74) is 0. The van der Waals surface area contributed by atoms with Crippen molar-refractivity contribution < 1.29 is 23.8 Å². The van der Waals surface area contributed by atoms with Crippen molar-refractivity contribution in [3.05, 3.63) is 72.9 Å². The first-order valence-corrected chi connectivity index (χ1v) is 26.5. The van der Waals surface area contributed by atoms with E-state index in [2.05, 4.69) is 93.7 Å². The van der Waals surface area contributed by atoms with E-state index in [1.54, 1.807) is 0 Å². The van der Waals surface area contributed by atoms with Crippen LogP contribution in [-0.4, -0.2) is 37.9 Å². The third-order valence-electron chi connectivity index (χ3n) is 11.2. The minimum atomic E-state index is -0.553. The maximum atomic E-state index is 12.8. The largest absolute Gasteiger partial charge is 0.462 e. The van der Waals surface area contributed by atoms with Gasteiger partial charge in [-0.15, -0.1) is 0 Å². The highest BCUT2D eigenvalue weighted by Crippen LogP contribution is 2.15. The molecule has 1 atom stereocenters. The fourth-order valence-electron chi connectivity index (χ4n) is 7.28. The smallest absolute Gasteiger partial charge is 0.306 e. The summed E-state index contributed by atoms with van der Waals surface area (Å²) in [6, 6.07) is 0. The molecule has 0 unspecified atom stereocenters. The summed E-state index contributed by atoms with van der Waals surface area (Å²) in [7, 11) is 0. The number of carbonyl (C=O) groups excluding carboxylic acids is 2. The lowest BCUT2D eigenvalue weighted by Gasteiger charge is -2.18. The lowest BCUT2D eigenvalue weighted by Crippen LogP contribution is -2.30. The average Bonchev–Trinajstić information content (AvgIpc) is 3.27. The molecule has 0 radical (unpaired) electrons. The van der Waals surface area contributed by atoms with Crippen LogP contribution in [0.25, 0.3) is 0 Å². The lowest BCUT2D eigenvalue weighted by atomic mass is 10.0. The van der Waals surface area contributed by atoms with Gasteiger partial charge in [0, 0.05) is 19.4 Å². The van der Waals surface area contributed by atoms with Gasteiger partial charge < -0.3 is 14.2 Å².